The Labute approximate surface area is 167 Å². The molecule has 1 aromatic carbocycles. The number of amides is 1. The molecule has 1 aromatic rings. The lowest BCUT2D eigenvalue weighted by atomic mass is 9.87. The molecule has 7 heteroatoms. The molecule has 2 aliphatic heterocycles. The molecule has 0 spiro atoms. The number of rotatable bonds is 5. The van der Waals surface area contributed by atoms with Gasteiger partial charge in [0, 0.05) is 17.3 Å². The van der Waals surface area contributed by atoms with Crippen LogP contribution in [0.3, 0.4) is 0 Å². The van der Waals surface area contributed by atoms with Crippen LogP contribution >= 0.6 is 11.8 Å². The van der Waals surface area contributed by atoms with E-state index in [1.54, 1.807) is 12.1 Å². The first kappa shape index (κ1) is 20.7. The van der Waals surface area contributed by atoms with Crippen molar-refractivity contribution in [1.82, 2.24) is 9.62 Å². The summed E-state index contributed by atoms with van der Waals surface area (Å²) in [5.74, 6) is -0.100. The summed E-state index contributed by atoms with van der Waals surface area (Å²) in [4.78, 5) is 14.9. The van der Waals surface area contributed by atoms with Crippen molar-refractivity contribution < 1.29 is 13.2 Å². The van der Waals surface area contributed by atoms with Crippen LogP contribution in [0.1, 0.15) is 52.0 Å². The number of piperidine rings is 1. The Morgan fingerprint density at radius 1 is 1.15 bits per heavy atom. The molecule has 2 bridgehead atoms. The molecule has 1 amide bonds. The van der Waals surface area contributed by atoms with Crippen molar-refractivity contribution >= 4 is 27.7 Å². The number of carbonyl (C=O) groups excluding carboxylic acids is 1. The third kappa shape index (κ3) is 4.51. The Balaban J connectivity index is 1.63. The number of nitrogens with zero attached hydrogens (tertiary/aromatic N) is 1. The zero-order valence-corrected chi connectivity index (χ0v) is 18.2. The Morgan fingerprint density at radius 2 is 1.70 bits per heavy atom. The van der Waals surface area contributed by atoms with Gasteiger partial charge < -0.3 is 4.90 Å². The smallest absolute Gasteiger partial charge is 0.241 e. The fourth-order valence-electron chi connectivity index (χ4n) is 4.19. The van der Waals surface area contributed by atoms with Gasteiger partial charge in [-0.15, -0.1) is 0 Å². The van der Waals surface area contributed by atoms with E-state index in [4.69, 9.17) is 0 Å². The lowest BCUT2D eigenvalue weighted by molar-refractivity contribution is -0.134. The van der Waals surface area contributed by atoms with Crippen molar-refractivity contribution in [3.63, 3.8) is 0 Å². The summed E-state index contributed by atoms with van der Waals surface area (Å²) in [6.45, 7) is 6.09. The van der Waals surface area contributed by atoms with Gasteiger partial charge in [0.1, 0.15) is 0 Å². The van der Waals surface area contributed by atoms with Crippen LogP contribution in [0.2, 0.25) is 0 Å². The predicted molar refractivity (Wildman–Crippen MR) is 111 cm³/mol. The van der Waals surface area contributed by atoms with Crippen LogP contribution in [0.5, 0.6) is 0 Å². The van der Waals surface area contributed by atoms with E-state index < -0.39 is 10.0 Å². The van der Waals surface area contributed by atoms with Crippen LogP contribution in [0.15, 0.2) is 29.2 Å². The summed E-state index contributed by atoms with van der Waals surface area (Å²) in [6.07, 6.45) is 6.23. The summed E-state index contributed by atoms with van der Waals surface area (Å²) < 4.78 is 27.6. The molecule has 0 saturated carbocycles. The molecule has 3 rings (SSSR count). The summed E-state index contributed by atoms with van der Waals surface area (Å²) in [7, 11) is -3.69. The molecule has 27 heavy (non-hydrogen) atoms. The van der Waals surface area contributed by atoms with Gasteiger partial charge in [-0.3, -0.25) is 4.79 Å². The molecule has 150 valence electrons. The maximum atomic E-state index is 12.7. The number of benzene rings is 1. The average molecular weight is 411 g/mol. The first-order valence-corrected chi connectivity index (χ1v) is 12.3. The molecule has 2 aliphatic rings. The number of nitrogens with one attached hydrogen (secondary N) is 1. The van der Waals surface area contributed by atoms with Crippen molar-refractivity contribution in [3.8, 4) is 0 Å². The van der Waals surface area contributed by atoms with E-state index in [0.717, 1.165) is 31.2 Å². The van der Waals surface area contributed by atoms with Gasteiger partial charge in [0.15, 0.2) is 0 Å². The molecular formula is C20H30N2O3S2. The number of thioether (sulfide) groups is 1. The second kappa shape index (κ2) is 7.76. The minimum atomic E-state index is -3.69. The van der Waals surface area contributed by atoms with Gasteiger partial charge in [-0.05, 0) is 55.1 Å². The van der Waals surface area contributed by atoms with Gasteiger partial charge in [0.2, 0.25) is 15.9 Å². The first-order chi connectivity index (χ1) is 12.6. The Hall–Kier alpha value is -1.05. The van der Waals surface area contributed by atoms with Gasteiger partial charge in [-0.25, -0.2) is 13.1 Å². The highest BCUT2D eigenvalue weighted by Gasteiger charge is 2.42. The highest BCUT2D eigenvalue weighted by molar-refractivity contribution is 7.99. The van der Waals surface area contributed by atoms with Crippen LogP contribution in [-0.4, -0.2) is 49.4 Å². The number of sulfonamides is 1. The highest BCUT2D eigenvalue weighted by atomic mass is 32.2. The van der Waals surface area contributed by atoms with Gasteiger partial charge >= 0.3 is 0 Å². The monoisotopic (exact) mass is 410 g/mol. The minimum absolute atomic E-state index is 0.0339. The van der Waals surface area contributed by atoms with Gasteiger partial charge in [-0.2, -0.15) is 11.8 Å². The molecule has 2 atom stereocenters. The fraction of sp³-hybridized carbons (Fsp3) is 0.650. The number of carbonyl (C=O) groups is 1. The van der Waals surface area contributed by atoms with Crippen LogP contribution in [0.25, 0.3) is 0 Å². The maximum absolute atomic E-state index is 12.7. The van der Waals surface area contributed by atoms with Crippen molar-refractivity contribution in [2.24, 2.45) is 0 Å². The lowest BCUT2D eigenvalue weighted by Gasteiger charge is -2.38. The number of hydrogen-bond acceptors (Lipinski definition) is 4. The van der Waals surface area contributed by atoms with Crippen molar-refractivity contribution in [1.29, 1.82) is 0 Å². The second-order valence-corrected chi connectivity index (χ2v) is 11.5. The SMILES string of the molecule is CSC1CC2CCC(C1)N2C(=O)CNS(=O)(=O)c1ccc(C(C)(C)C)cc1. The largest absolute Gasteiger partial charge is 0.336 e. The average Bonchev–Trinajstić information content (AvgIpc) is 2.89. The van der Waals surface area contributed by atoms with E-state index in [9.17, 15) is 13.2 Å². The summed E-state index contributed by atoms with van der Waals surface area (Å²) in [5.41, 5.74) is 1.04. The predicted octanol–water partition coefficient (Wildman–Crippen LogP) is 3.15. The molecule has 0 radical (unpaired) electrons. The maximum Gasteiger partial charge on any atom is 0.241 e. The first-order valence-electron chi connectivity index (χ1n) is 9.56. The molecule has 2 fully saturated rings. The van der Waals surface area contributed by atoms with Crippen molar-refractivity contribution in [2.45, 2.75) is 74.1 Å². The van der Waals surface area contributed by atoms with Gasteiger partial charge in [-0.1, -0.05) is 32.9 Å². The normalized spacial score (nSPS) is 25.6. The van der Waals surface area contributed by atoms with E-state index in [0.29, 0.717) is 5.25 Å². The third-order valence-corrected chi connectivity index (χ3v) is 8.22. The van der Waals surface area contributed by atoms with E-state index in [2.05, 4.69) is 31.7 Å². The summed E-state index contributed by atoms with van der Waals surface area (Å²) in [5, 5.41) is 0.615. The van der Waals surface area contributed by atoms with Crippen LogP contribution in [-0.2, 0) is 20.2 Å². The Kier molecular flexibility index (Phi) is 5.94. The second-order valence-electron chi connectivity index (χ2n) is 8.61. The minimum Gasteiger partial charge on any atom is -0.336 e. The molecule has 5 nitrogen and oxygen atoms in total. The molecule has 2 saturated heterocycles. The third-order valence-electron chi connectivity index (χ3n) is 5.76. The molecular weight excluding hydrogens is 380 g/mol. The molecule has 2 unspecified atom stereocenters. The van der Waals surface area contributed by atoms with E-state index in [1.807, 2.05) is 28.8 Å². The van der Waals surface area contributed by atoms with Crippen molar-refractivity contribution in [3.05, 3.63) is 29.8 Å². The molecule has 2 heterocycles. The summed E-state index contributed by atoms with van der Waals surface area (Å²) in [6, 6.07) is 7.43. The number of hydrogen-bond donors (Lipinski definition) is 1. The molecule has 1 N–H and O–H groups in total. The molecule has 0 aliphatic carbocycles. The summed E-state index contributed by atoms with van der Waals surface area (Å²) >= 11 is 1.88. The zero-order valence-electron chi connectivity index (χ0n) is 16.6. The van der Waals surface area contributed by atoms with E-state index in [1.165, 1.54) is 0 Å². The van der Waals surface area contributed by atoms with E-state index in [-0.39, 0.29) is 34.8 Å². The van der Waals surface area contributed by atoms with Crippen LogP contribution < -0.4 is 4.72 Å². The topological polar surface area (TPSA) is 66.5 Å². The molecule has 0 aromatic heterocycles. The van der Waals surface area contributed by atoms with Gasteiger partial charge in [0.05, 0.1) is 11.4 Å². The quantitative estimate of drug-likeness (QED) is 0.810. The van der Waals surface area contributed by atoms with Crippen molar-refractivity contribution in [2.75, 3.05) is 12.8 Å². The number of fused-ring (bicyclic) bond motifs is 2. The van der Waals surface area contributed by atoms with Crippen LogP contribution in [0.4, 0.5) is 0 Å². The Morgan fingerprint density at radius 3 is 2.19 bits per heavy atom. The van der Waals surface area contributed by atoms with Crippen LogP contribution in [0, 0.1) is 0 Å². The zero-order chi connectivity index (χ0) is 19.8. The lowest BCUT2D eigenvalue weighted by Crippen LogP contribution is -2.50. The standard InChI is InChI=1S/C20H30N2O3S2/c1-20(2,3)14-5-9-18(10-6-14)27(24,25)21-13-19(23)22-15-7-8-16(22)12-17(11-15)26-4/h5-6,9-10,15-17,21H,7-8,11-13H2,1-4H3. The van der Waals surface area contributed by atoms with E-state index >= 15 is 0 Å². The Bertz CT molecular complexity index is 770. The highest BCUT2D eigenvalue weighted by Crippen LogP contribution is 2.39. The fourth-order valence-corrected chi connectivity index (χ4v) is 6.00. The van der Waals surface area contributed by atoms with Gasteiger partial charge in [0.25, 0.3) is 0 Å².